The van der Waals surface area contributed by atoms with Crippen LogP contribution in [0, 0.1) is 15.9 Å². The molecule has 0 radical (unpaired) electrons. The monoisotopic (exact) mass is 372 g/mol. The highest BCUT2D eigenvalue weighted by atomic mass is 35.5. The summed E-state index contributed by atoms with van der Waals surface area (Å²) in [5, 5.41) is 10.9. The molecular weight excluding hydrogens is 363 g/mol. The second-order valence-corrected chi connectivity index (χ2v) is 5.60. The molecule has 1 aliphatic heterocycles. The van der Waals surface area contributed by atoms with E-state index in [9.17, 15) is 19.3 Å². The van der Waals surface area contributed by atoms with Crippen molar-refractivity contribution in [2.45, 2.75) is 0 Å². The number of benzene rings is 2. The summed E-state index contributed by atoms with van der Waals surface area (Å²) < 4.78 is 18.8. The molecule has 8 heteroatoms. The number of ether oxygens (including phenoxy) is 1. The van der Waals surface area contributed by atoms with Crippen LogP contribution in [0.3, 0.4) is 0 Å². The molecule has 0 bridgehead atoms. The van der Waals surface area contributed by atoms with Gasteiger partial charge >= 0.3 is 5.97 Å². The van der Waals surface area contributed by atoms with Crippen LogP contribution in [0.15, 0.2) is 59.2 Å². The molecular formula is C18H10ClFN2O4. The maximum Gasteiger partial charge on any atom is 0.363 e. The summed E-state index contributed by atoms with van der Waals surface area (Å²) in [6, 6.07) is 10.1. The van der Waals surface area contributed by atoms with E-state index in [1.165, 1.54) is 54.6 Å². The number of esters is 1. The lowest BCUT2D eigenvalue weighted by Crippen LogP contribution is -2.01. The predicted octanol–water partition coefficient (Wildman–Crippen LogP) is 4.40. The van der Waals surface area contributed by atoms with E-state index in [4.69, 9.17) is 16.3 Å². The van der Waals surface area contributed by atoms with E-state index < -0.39 is 16.7 Å². The third-order valence-corrected chi connectivity index (χ3v) is 3.75. The van der Waals surface area contributed by atoms with Gasteiger partial charge in [0, 0.05) is 23.8 Å². The summed E-state index contributed by atoms with van der Waals surface area (Å²) in [4.78, 5) is 26.1. The van der Waals surface area contributed by atoms with Crippen molar-refractivity contribution < 1.29 is 18.8 Å². The van der Waals surface area contributed by atoms with Crippen molar-refractivity contribution in [3.63, 3.8) is 0 Å². The molecule has 2 aromatic carbocycles. The summed E-state index contributed by atoms with van der Waals surface area (Å²) in [5.74, 6) is -1.35. The summed E-state index contributed by atoms with van der Waals surface area (Å²) in [5.41, 5.74) is 0.407. The number of hydrogen-bond donors (Lipinski definition) is 0. The molecule has 2 aromatic rings. The van der Waals surface area contributed by atoms with E-state index in [0.717, 1.165) is 0 Å². The Bertz CT molecular complexity index is 978. The second-order valence-electron chi connectivity index (χ2n) is 5.19. The second kappa shape index (κ2) is 7.28. The standard InChI is InChI=1S/C18H10ClFN2O4/c19-14-5-2-6-15(20)13(14)10-16-18(23)26-17(21-16)8-7-11-3-1-4-12(9-11)22(24)25/h1-10H/b8-7+,16-10-. The Balaban J connectivity index is 1.85. The Hall–Kier alpha value is -3.32. The van der Waals surface area contributed by atoms with Gasteiger partial charge in [0.15, 0.2) is 5.70 Å². The Morgan fingerprint density at radius 3 is 2.69 bits per heavy atom. The highest BCUT2D eigenvalue weighted by molar-refractivity contribution is 6.32. The first-order chi connectivity index (χ1) is 12.4. The van der Waals surface area contributed by atoms with E-state index >= 15 is 0 Å². The number of nitrogens with zero attached hydrogens (tertiary/aromatic N) is 2. The van der Waals surface area contributed by atoms with E-state index in [-0.39, 0.29) is 27.9 Å². The average Bonchev–Trinajstić information content (AvgIpc) is 2.96. The minimum atomic E-state index is -0.747. The van der Waals surface area contributed by atoms with Crippen LogP contribution in [0.2, 0.25) is 5.02 Å². The van der Waals surface area contributed by atoms with Crippen LogP contribution < -0.4 is 0 Å². The lowest BCUT2D eigenvalue weighted by atomic mass is 10.2. The number of aliphatic imine (C=N–C) groups is 1. The molecule has 0 N–H and O–H groups in total. The number of hydrogen-bond acceptors (Lipinski definition) is 5. The Labute approximate surface area is 152 Å². The molecule has 1 aliphatic rings. The molecule has 26 heavy (non-hydrogen) atoms. The molecule has 0 aromatic heterocycles. The maximum atomic E-state index is 13.8. The molecule has 6 nitrogen and oxygen atoms in total. The molecule has 0 atom stereocenters. The van der Waals surface area contributed by atoms with Crippen molar-refractivity contribution in [3.8, 4) is 0 Å². The Kier molecular flexibility index (Phi) is 4.90. The van der Waals surface area contributed by atoms with Crippen LogP contribution in [0.4, 0.5) is 10.1 Å². The van der Waals surface area contributed by atoms with Crippen molar-refractivity contribution in [1.29, 1.82) is 0 Å². The highest BCUT2D eigenvalue weighted by Crippen LogP contribution is 2.24. The molecule has 0 spiro atoms. The van der Waals surface area contributed by atoms with Gasteiger partial charge in [0.05, 0.1) is 9.95 Å². The van der Waals surface area contributed by atoms with Crippen LogP contribution in [-0.4, -0.2) is 16.8 Å². The number of halogens is 2. The number of nitro benzene ring substituents is 1. The third-order valence-electron chi connectivity index (χ3n) is 3.42. The number of cyclic esters (lactones) is 1. The number of rotatable bonds is 4. The van der Waals surface area contributed by atoms with Gasteiger partial charge in [0.25, 0.3) is 5.69 Å². The molecule has 0 amide bonds. The van der Waals surface area contributed by atoms with Gasteiger partial charge < -0.3 is 4.74 Å². The summed E-state index contributed by atoms with van der Waals surface area (Å²) in [7, 11) is 0. The van der Waals surface area contributed by atoms with E-state index in [1.54, 1.807) is 6.07 Å². The zero-order chi connectivity index (χ0) is 18.7. The fraction of sp³-hybridized carbons (Fsp3) is 0. The van der Waals surface area contributed by atoms with Gasteiger partial charge in [-0.3, -0.25) is 10.1 Å². The molecule has 0 aliphatic carbocycles. The Morgan fingerprint density at radius 2 is 1.96 bits per heavy atom. The lowest BCUT2D eigenvalue weighted by Gasteiger charge is -1.99. The van der Waals surface area contributed by atoms with Crippen LogP contribution in [0.5, 0.6) is 0 Å². The van der Waals surface area contributed by atoms with E-state index in [1.807, 2.05) is 0 Å². The SMILES string of the molecule is O=C1OC(/C=C/c2cccc([N+](=O)[O-])c2)=NC/1=C\c1c(F)cccc1Cl. The first-order valence-electron chi connectivity index (χ1n) is 7.33. The molecule has 0 unspecified atom stereocenters. The number of non-ortho nitro benzene ring substituents is 1. The van der Waals surface area contributed by atoms with Crippen molar-refractivity contribution in [3.05, 3.63) is 86.3 Å². The largest absolute Gasteiger partial charge is 0.403 e. The van der Waals surface area contributed by atoms with Crippen molar-refractivity contribution in [1.82, 2.24) is 0 Å². The van der Waals surface area contributed by atoms with Crippen LogP contribution in [0.1, 0.15) is 11.1 Å². The minimum Gasteiger partial charge on any atom is -0.403 e. The topological polar surface area (TPSA) is 81.8 Å². The molecule has 1 heterocycles. The first kappa shape index (κ1) is 17.5. The fourth-order valence-corrected chi connectivity index (χ4v) is 2.41. The van der Waals surface area contributed by atoms with Crippen LogP contribution in [-0.2, 0) is 9.53 Å². The molecule has 0 saturated heterocycles. The van der Waals surface area contributed by atoms with Gasteiger partial charge in [-0.15, -0.1) is 0 Å². The predicted molar refractivity (Wildman–Crippen MR) is 95.0 cm³/mol. The number of carbonyl (C=O) groups is 1. The van der Waals surface area contributed by atoms with Crippen molar-refractivity contribution in [2.24, 2.45) is 4.99 Å². The smallest absolute Gasteiger partial charge is 0.363 e. The third kappa shape index (κ3) is 3.84. The van der Waals surface area contributed by atoms with Gasteiger partial charge in [-0.25, -0.2) is 14.2 Å². The van der Waals surface area contributed by atoms with Crippen LogP contribution in [0.25, 0.3) is 12.2 Å². The van der Waals surface area contributed by atoms with Gasteiger partial charge in [0.1, 0.15) is 5.82 Å². The minimum absolute atomic E-state index is 0.0137. The van der Waals surface area contributed by atoms with Gasteiger partial charge in [-0.05, 0) is 29.8 Å². The molecule has 130 valence electrons. The molecule has 0 fully saturated rings. The summed E-state index contributed by atoms with van der Waals surface area (Å²) in [6.07, 6.45) is 4.10. The average molecular weight is 373 g/mol. The van der Waals surface area contributed by atoms with E-state index in [0.29, 0.717) is 5.56 Å². The fourth-order valence-electron chi connectivity index (χ4n) is 2.19. The highest BCUT2D eigenvalue weighted by Gasteiger charge is 2.22. The summed E-state index contributed by atoms with van der Waals surface area (Å²) in [6.45, 7) is 0. The van der Waals surface area contributed by atoms with Crippen molar-refractivity contribution >= 4 is 41.3 Å². The van der Waals surface area contributed by atoms with Crippen molar-refractivity contribution in [2.75, 3.05) is 0 Å². The van der Waals surface area contributed by atoms with E-state index in [2.05, 4.69) is 4.99 Å². The molecule has 3 rings (SSSR count). The zero-order valence-corrected chi connectivity index (χ0v) is 13.8. The summed E-state index contributed by atoms with van der Waals surface area (Å²) >= 11 is 5.92. The lowest BCUT2D eigenvalue weighted by molar-refractivity contribution is -0.384. The quantitative estimate of drug-likeness (QED) is 0.345. The number of carbonyl (C=O) groups excluding carboxylic acids is 1. The zero-order valence-electron chi connectivity index (χ0n) is 13.1. The van der Waals surface area contributed by atoms with Crippen LogP contribution >= 0.6 is 11.6 Å². The van der Waals surface area contributed by atoms with Gasteiger partial charge in [0.2, 0.25) is 5.90 Å². The number of nitro groups is 1. The van der Waals surface area contributed by atoms with Gasteiger partial charge in [-0.2, -0.15) is 0 Å². The normalized spacial score (nSPS) is 15.4. The first-order valence-corrected chi connectivity index (χ1v) is 7.71. The van der Waals surface area contributed by atoms with Gasteiger partial charge in [-0.1, -0.05) is 29.8 Å². The molecule has 0 saturated carbocycles. The Morgan fingerprint density at radius 1 is 1.19 bits per heavy atom. The maximum absolute atomic E-state index is 13.8.